The van der Waals surface area contributed by atoms with Gasteiger partial charge in [-0.05, 0) is 31.7 Å². The van der Waals surface area contributed by atoms with Crippen molar-refractivity contribution in [1.29, 1.82) is 5.26 Å². The lowest BCUT2D eigenvalue weighted by atomic mass is 9.99. The van der Waals surface area contributed by atoms with E-state index >= 15 is 0 Å². The van der Waals surface area contributed by atoms with Crippen molar-refractivity contribution in [3.8, 4) is 6.07 Å². The van der Waals surface area contributed by atoms with Gasteiger partial charge in [-0.15, -0.1) is 0 Å². The van der Waals surface area contributed by atoms with Crippen LogP contribution in [0.15, 0.2) is 0 Å². The smallest absolute Gasteiger partial charge is 0.410 e. The highest BCUT2D eigenvalue weighted by molar-refractivity contribution is 5.84. The van der Waals surface area contributed by atoms with Crippen LogP contribution in [-0.2, 0) is 14.3 Å². The van der Waals surface area contributed by atoms with Crippen LogP contribution in [0.2, 0.25) is 0 Å². The molecule has 2 rings (SSSR count). The van der Waals surface area contributed by atoms with Crippen molar-refractivity contribution in [3.05, 3.63) is 0 Å². The third kappa shape index (κ3) is 6.08. The molecule has 0 saturated carbocycles. The van der Waals surface area contributed by atoms with Crippen molar-refractivity contribution < 1.29 is 19.1 Å². The molecule has 2 unspecified atom stereocenters. The number of nitrogens with one attached hydrogen (secondary N) is 1. The molecular formula is C19H32N4O4. The van der Waals surface area contributed by atoms with Gasteiger partial charge in [0.2, 0.25) is 0 Å². The Kier molecular flexibility index (Phi) is 7.87. The molecule has 8 nitrogen and oxygen atoms in total. The normalized spacial score (nSPS) is 24.5. The van der Waals surface area contributed by atoms with E-state index in [1.165, 1.54) is 0 Å². The summed E-state index contributed by atoms with van der Waals surface area (Å²) in [6.45, 7) is 10.1. The van der Waals surface area contributed by atoms with Crippen molar-refractivity contribution in [2.75, 3.05) is 45.9 Å². The minimum atomic E-state index is -0.908. The number of likely N-dealkylation sites (N-methyl/N-ethyl adjacent to an activating group) is 1. The van der Waals surface area contributed by atoms with Crippen LogP contribution >= 0.6 is 0 Å². The second-order valence-corrected chi connectivity index (χ2v) is 7.74. The fourth-order valence-electron chi connectivity index (χ4n) is 3.37. The lowest BCUT2D eigenvalue weighted by Gasteiger charge is -2.30. The predicted molar refractivity (Wildman–Crippen MR) is 100.0 cm³/mol. The lowest BCUT2D eigenvalue weighted by molar-refractivity contribution is -0.132. The van der Waals surface area contributed by atoms with E-state index in [4.69, 9.17) is 9.47 Å². The van der Waals surface area contributed by atoms with Crippen LogP contribution in [0.5, 0.6) is 0 Å². The molecule has 2 amide bonds. The zero-order valence-electron chi connectivity index (χ0n) is 16.7. The molecule has 2 atom stereocenters. The van der Waals surface area contributed by atoms with Gasteiger partial charge in [0.05, 0.1) is 19.3 Å². The fraction of sp³-hybridized carbons (Fsp3) is 0.842. The van der Waals surface area contributed by atoms with Crippen LogP contribution in [0, 0.1) is 17.2 Å². The number of rotatable bonds is 7. The van der Waals surface area contributed by atoms with Crippen molar-refractivity contribution in [2.45, 2.75) is 51.7 Å². The molecule has 0 aliphatic carbocycles. The highest BCUT2D eigenvalue weighted by atomic mass is 16.6. The van der Waals surface area contributed by atoms with E-state index < -0.39 is 17.7 Å². The van der Waals surface area contributed by atoms with Crippen LogP contribution in [0.1, 0.15) is 40.0 Å². The fourth-order valence-corrected chi connectivity index (χ4v) is 3.37. The monoisotopic (exact) mass is 380 g/mol. The standard InChI is InChI=1S/C19H32N4O4/c1-4-22-8-7-19(13-20,14-22)21-17(24)16(6-5-15(2)3)27-18(25)23-9-11-26-12-10-23/h15-16H,4-12,14H2,1-3H3,(H,21,24). The number of hydrogen-bond acceptors (Lipinski definition) is 6. The lowest BCUT2D eigenvalue weighted by Crippen LogP contribution is -2.54. The van der Waals surface area contributed by atoms with E-state index in [1.54, 1.807) is 4.90 Å². The molecule has 1 N–H and O–H groups in total. The summed E-state index contributed by atoms with van der Waals surface area (Å²) in [5, 5.41) is 12.5. The van der Waals surface area contributed by atoms with Crippen LogP contribution in [0.4, 0.5) is 4.79 Å². The Labute approximate surface area is 161 Å². The molecular weight excluding hydrogens is 348 g/mol. The second kappa shape index (κ2) is 9.90. The summed E-state index contributed by atoms with van der Waals surface area (Å²) in [5.74, 6) is 0.00569. The Balaban J connectivity index is 2.02. The van der Waals surface area contributed by atoms with E-state index in [0.717, 1.165) is 19.5 Å². The first-order valence-electron chi connectivity index (χ1n) is 9.88. The number of morpholine rings is 1. The second-order valence-electron chi connectivity index (χ2n) is 7.74. The SMILES string of the molecule is CCN1CCC(C#N)(NC(=O)C(CCC(C)C)OC(=O)N2CCOCC2)C1. The van der Waals surface area contributed by atoms with Gasteiger partial charge in [-0.2, -0.15) is 5.26 Å². The van der Waals surface area contributed by atoms with Crippen molar-refractivity contribution in [3.63, 3.8) is 0 Å². The molecule has 0 bridgehead atoms. The van der Waals surface area contributed by atoms with E-state index in [1.807, 2.05) is 6.92 Å². The molecule has 0 aromatic heterocycles. The van der Waals surface area contributed by atoms with E-state index in [2.05, 4.69) is 30.1 Å². The number of ether oxygens (including phenoxy) is 2. The van der Waals surface area contributed by atoms with Crippen molar-refractivity contribution >= 4 is 12.0 Å². The minimum absolute atomic E-state index is 0.378. The molecule has 8 heteroatoms. The first-order chi connectivity index (χ1) is 12.9. The van der Waals surface area contributed by atoms with Gasteiger partial charge in [-0.25, -0.2) is 4.79 Å². The molecule has 152 valence electrons. The Hall–Kier alpha value is -1.85. The first kappa shape index (κ1) is 21.5. The van der Waals surface area contributed by atoms with Crippen LogP contribution in [-0.4, -0.2) is 79.4 Å². The molecule has 0 aromatic carbocycles. The molecule has 0 aromatic rings. The van der Waals surface area contributed by atoms with Gasteiger partial charge in [-0.3, -0.25) is 4.79 Å². The third-order valence-electron chi connectivity index (χ3n) is 5.18. The van der Waals surface area contributed by atoms with Crippen LogP contribution < -0.4 is 5.32 Å². The maximum absolute atomic E-state index is 12.9. The summed E-state index contributed by atoms with van der Waals surface area (Å²) < 4.78 is 10.8. The van der Waals surface area contributed by atoms with Gasteiger partial charge < -0.3 is 24.6 Å². The zero-order chi connectivity index (χ0) is 19.9. The number of nitrogens with zero attached hydrogens (tertiary/aromatic N) is 3. The summed E-state index contributed by atoms with van der Waals surface area (Å²) in [4.78, 5) is 29.0. The molecule has 2 aliphatic heterocycles. The van der Waals surface area contributed by atoms with E-state index in [9.17, 15) is 14.9 Å². The van der Waals surface area contributed by atoms with Gasteiger partial charge in [0, 0.05) is 26.2 Å². The Bertz CT molecular complexity index is 556. The van der Waals surface area contributed by atoms with Gasteiger partial charge in [-0.1, -0.05) is 20.8 Å². The quantitative estimate of drug-likeness (QED) is 0.717. The van der Waals surface area contributed by atoms with E-state index in [-0.39, 0.29) is 5.91 Å². The predicted octanol–water partition coefficient (Wildman–Crippen LogP) is 1.36. The highest BCUT2D eigenvalue weighted by Crippen LogP contribution is 2.22. The Morgan fingerprint density at radius 1 is 1.26 bits per heavy atom. The summed E-state index contributed by atoms with van der Waals surface area (Å²) in [6, 6.07) is 2.27. The van der Waals surface area contributed by atoms with Crippen LogP contribution in [0.3, 0.4) is 0 Å². The molecule has 2 saturated heterocycles. The number of carbonyl (C=O) groups is 2. The zero-order valence-corrected chi connectivity index (χ0v) is 16.7. The summed E-state index contributed by atoms with van der Waals surface area (Å²) in [5.41, 5.74) is -0.908. The molecule has 0 spiro atoms. The van der Waals surface area contributed by atoms with Crippen molar-refractivity contribution in [1.82, 2.24) is 15.1 Å². The number of likely N-dealkylation sites (tertiary alicyclic amines) is 1. The number of carbonyl (C=O) groups excluding carboxylic acids is 2. The first-order valence-corrected chi connectivity index (χ1v) is 9.88. The molecule has 0 radical (unpaired) electrons. The summed E-state index contributed by atoms with van der Waals surface area (Å²) in [7, 11) is 0. The average molecular weight is 380 g/mol. The topological polar surface area (TPSA) is 94.9 Å². The van der Waals surface area contributed by atoms with Gasteiger partial charge in [0.1, 0.15) is 5.54 Å². The number of nitriles is 1. The van der Waals surface area contributed by atoms with E-state index in [0.29, 0.717) is 51.6 Å². The average Bonchev–Trinajstić information content (AvgIpc) is 3.09. The molecule has 27 heavy (non-hydrogen) atoms. The maximum atomic E-state index is 12.9. The van der Waals surface area contributed by atoms with Crippen LogP contribution in [0.25, 0.3) is 0 Å². The van der Waals surface area contributed by atoms with Crippen molar-refractivity contribution in [2.24, 2.45) is 5.92 Å². The number of amides is 2. The third-order valence-corrected chi connectivity index (χ3v) is 5.18. The number of hydrogen-bond donors (Lipinski definition) is 1. The molecule has 2 aliphatic rings. The largest absolute Gasteiger partial charge is 0.436 e. The Morgan fingerprint density at radius 2 is 1.96 bits per heavy atom. The van der Waals surface area contributed by atoms with Gasteiger partial charge in [0.15, 0.2) is 6.10 Å². The maximum Gasteiger partial charge on any atom is 0.410 e. The molecule has 2 heterocycles. The summed E-state index contributed by atoms with van der Waals surface area (Å²) in [6.07, 6.45) is 0.406. The van der Waals surface area contributed by atoms with Gasteiger partial charge in [0.25, 0.3) is 5.91 Å². The minimum Gasteiger partial charge on any atom is -0.436 e. The Morgan fingerprint density at radius 3 is 2.52 bits per heavy atom. The summed E-state index contributed by atoms with van der Waals surface area (Å²) >= 11 is 0. The highest BCUT2D eigenvalue weighted by Gasteiger charge is 2.41. The van der Waals surface area contributed by atoms with Gasteiger partial charge >= 0.3 is 6.09 Å². The molecule has 2 fully saturated rings.